The van der Waals surface area contributed by atoms with Crippen molar-refractivity contribution in [2.75, 3.05) is 7.11 Å². The van der Waals surface area contributed by atoms with Gasteiger partial charge in [-0.25, -0.2) is 4.79 Å². The second kappa shape index (κ2) is 8.79. The Hall–Kier alpha value is -2.43. The van der Waals surface area contributed by atoms with E-state index in [1.165, 1.54) is 0 Å². The molecule has 0 heterocycles. The highest BCUT2D eigenvalue weighted by Gasteiger charge is 2.23. The first-order chi connectivity index (χ1) is 12.4. The van der Waals surface area contributed by atoms with E-state index >= 15 is 0 Å². The summed E-state index contributed by atoms with van der Waals surface area (Å²) >= 11 is 0. The van der Waals surface area contributed by atoms with Crippen molar-refractivity contribution in [2.24, 2.45) is 11.7 Å². The fourth-order valence-corrected chi connectivity index (χ4v) is 2.78. The van der Waals surface area contributed by atoms with Gasteiger partial charge in [-0.15, -0.1) is 0 Å². The van der Waals surface area contributed by atoms with E-state index < -0.39 is 11.7 Å². The van der Waals surface area contributed by atoms with Crippen molar-refractivity contribution in [1.29, 1.82) is 0 Å². The maximum atomic E-state index is 12.0. The largest absolute Gasteiger partial charge is 0.478 e. The van der Waals surface area contributed by atoms with Crippen LogP contribution in [-0.2, 0) is 9.53 Å². The number of hydrogen-bond donors (Lipinski definition) is 2. The van der Waals surface area contributed by atoms with E-state index in [4.69, 9.17) is 10.5 Å². The van der Waals surface area contributed by atoms with Crippen LogP contribution in [-0.4, -0.2) is 23.9 Å². The van der Waals surface area contributed by atoms with Gasteiger partial charge in [0.2, 0.25) is 0 Å². The Morgan fingerprint density at radius 3 is 2.54 bits per heavy atom. The zero-order valence-corrected chi connectivity index (χ0v) is 15.6. The first-order valence-electron chi connectivity index (χ1n) is 8.84. The lowest BCUT2D eigenvalue weighted by Crippen LogP contribution is -2.40. The molecule has 0 aromatic heterocycles. The minimum atomic E-state index is -0.932. The Morgan fingerprint density at radius 2 is 2.04 bits per heavy atom. The van der Waals surface area contributed by atoms with Crippen molar-refractivity contribution in [3.63, 3.8) is 0 Å². The van der Waals surface area contributed by atoms with Crippen molar-refractivity contribution in [3.05, 3.63) is 76.9 Å². The van der Waals surface area contributed by atoms with Crippen molar-refractivity contribution in [2.45, 2.75) is 32.4 Å². The average molecular weight is 353 g/mol. The van der Waals surface area contributed by atoms with Crippen LogP contribution in [0.15, 0.2) is 71.4 Å². The molecule has 1 aromatic rings. The van der Waals surface area contributed by atoms with E-state index in [9.17, 15) is 9.90 Å². The SMILES string of the molecule is CCC(C)C(=Cc1ccccc1)C(=CC1=CCC(N)(OC)C=C1)C(=O)O. The third-order valence-corrected chi connectivity index (χ3v) is 4.71. The number of allylic oxidation sites excluding steroid dienone is 3. The topological polar surface area (TPSA) is 72.5 Å². The zero-order valence-electron chi connectivity index (χ0n) is 15.6. The van der Waals surface area contributed by atoms with Crippen LogP contribution in [0.1, 0.15) is 32.3 Å². The molecular weight excluding hydrogens is 326 g/mol. The molecule has 1 aromatic carbocycles. The lowest BCUT2D eigenvalue weighted by molar-refractivity contribution is -0.132. The number of carbonyl (C=O) groups is 1. The predicted octanol–water partition coefficient (Wildman–Crippen LogP) is 4.31. The number of methoxy groups -OCH3 is 1. The molecule has 1 aliphatic rings. The fraction of sp³-hybridized carbons (Fsp3) is 0.318. The molecule has 0 aliphatic heterocycles. The third kappa shape index (κ3) is 5.04. The van der Waals surface area contributed by atoms with Crippen LogP contribution in [0.5, 0.6) is 0 Å². The predicted molar refractivity (Wildman–Crippen MR) is 105 cm³/mol. The number of aliphatic carboxylic acids is 1. The number of hydrogen-bond acceptors (Lipinski definition) is 3. The second-order valence-electron chi connectivity index (χ2n) is 6.58. The number of ether oxygens (including phenoxy) is 1. The summed E-state index contributed by atoms with van der Waals surface area (Å²) in [6.45, 7) is 4.11. The Labute approximate surface area is 155 Å². The molecule has 2 unspecified atom stereocenters. The minimum Gasteiger partial charge on any atom is -0.478 e. The summed E-state index contributed by atoms with van der Waals surface area (Å²) in [7, 11) is 1.56. The summed E-state index contributed by atoms with van der Waals surface area (Å²) in [5.74, 6) is -0.809. The number of carboxylic acids is 1. The molecular formula is C22H27NO3. The van der Waals surface area contributed by atoms with Gasteiger partial charge in [0.05, 0.1) is 5.57 Å². The van der Waals surface area contributed by atoms with Gasteiger partial charge in [0.15, 0.2) is 0 Å². The normalized spacial score (nSPS) is 22.1. The van der Waals surface area contributed by atoms with Crippen LogP contribution in [0.4, 0.5) is 0 Å². The smallest absolute Gasteiger partial charge is 0.335 e. The van der Waals surface area contributed by atoms with E-state index in [2.05, 4.69) is 6.92 Å². The van der Waals surface area contributed by atoms with Gasteiger partial charge in [-0.3, -0.25) is 5.73 Å². The van der Waals surface area contributed by atoms with Crippen LogP contribution >= 0.6 is 0 Å². The van der Waals surface area contributed by atoms with Crippen LogP contribution in [0.2, 0.25) is 0 Å². The Kier molecular flexibility index (Phi) is 6.72. The minimum absolute atomic E-state index is 0.123. The molecule has 2 atom stereocenters. The molecule has 2 rings (SSSR count). The van der Waals surface area contributed by atoms with E-state index in [1.807, 2.05) is 55.5 Å². The standard InChI is InChI=1S/C22H27NO3/c1-4-16(2)19(14-17-8-6-5-7-9-17)20(21(24)25)15-18-10-12-22(23,26-3)13-11-18/h5-12,14-16H,4,13,23H2,1-3H3,(H,24,25). The molecule has 1 aliphatic carbocycles. The molecule has 4 nitrogen and oxygen atoms in total. The van der Waals surface area contributed by atoms with Gasteiger partial charge in [-0.1, -0.05) is 62.4 Å². The van der Waals surface area contributed by atoms with Crippen LogP contribution in [0, 0.1) is 5.92 Å². The first-order valence-corrected chi connectivity index (χ1v) is 8.84. The van der Waals surface area contributed by atoms with E-state index in [1.54, 1.807) is 19.3 Å². The van der Waals surface area contributed by atoms with E-state index in [-0.39, 0.29) is 5.92 Å². The van der Waals surface area contributed by atoms with E-state index in [0.717, 1.165) is 23.1 Å². The Bertz CT molecular complexity index is 759. The van der Waals surface area contributed by atoms with Crippen molar-refractivity contribution < 1.29 is 14.6 Å². The quantitative estimate of drug-likeness (QED) is 0.435. The van der Waals surface area contributed by atoms with Crippen molar-refractivity contribution in [3.8, 4) is 0 Å². The van der Waals surface area contributed by atoms with Crippen molar-refractivity contribution in [1.82, 2.24) is 0 Å². The summed E-state index contributed by atoms with van der Waals surface area (Å²) < 4.78 is 5.26. The van der Waals surface area contributed by atoms with Gasteiger partial charge < -0.3 is 9.84 Å². The maximum absolute atomic E-state index is 12.0. The number of rotatable bonds is 7. The highest BCUT2D eigenvalue weighted by atomic mass is 16.5. The molecule has 138 valence electrons. The maximum Gasteiger partial charge on any atom is 0.335 e. The summed E-state index contributed by atoms with van der Waals surface area (Å²) in [5, 5.41) is 9.84. The monoisotopic (exact) mass is 353 g/mol. The molecule has 0 bridgehead atoms. The van der Waals surface area contributed by atoms with Gasteiger partial charge in [0.25, 0.3) is 0 Å². The number of benzene rings is 1. The Balaban J connectivity index is 2.44. The Morgan fingerprint density at radius 1 is 1.35 bits per heavy atom. The lowest BCUT2D eigenvalue weighted by atomic mass is 9.88. The molecule has 0 saturated carbocycles. The van der Waals surface area contributed by atoms with Gasteiger partial charge in [-0.2, -0.15) is 0 Å². The summed E-state index contributed by atoms with van der Waals surface area (Å²) in [4.78, 5) is 12.0. The molecule has 26 heavy (non-hydrogen) atoms. The van der Waals surface area contributed by atoms with Gasteiger partial charge in [-0.05, 0) is 41.2 Å². The van der Waals surface area contributed by atoms with Gasteiger partial charge in [0.1, 0.15) is 5.72 Å². The molecule has 0 amide bonds. The first kappa shape index (κ1) is 19.9. The molecule has 4 heteroatoms. The molecule has 0 fully saturated rings. The van der Waals surface area contributed by atoms with Gasteiger partial charge in [0, 0.05) is 13.5 Å². The zero-order chi connectivity index (χ0) is 19.2. The summed E-state index contributed by atoms with van der Waals surface area (Å²) in [5.41, 5.74) is 8.16. The third-order valence-electron chi connectivity index (χ3n) is 4.71. The van der Waals surface area contributed by atoms with E-state index in [0.29, 0.717) is 12.0 Å². The molecule has 0 saturated heterocycles. The van der Waals surface area contributed by atoms with Crippen LogP contribution in [0.25, 0.3) is 6.08 Å². The fourth-order valence-electron chi connectivity index (χ4n) is 2.78. The molecule has 0 spiro atoms. The summed E-state index contributed by atoms with van der Waals surface area (Å²) in [6, 6.07) is 9.79. The average Bonchev–Trinajstić information content (AvgIpc) is 2.66. The van der Waals surface area contributed by atoms with Crippen LogP contribution < -0.4 is 5.73 Å². The van der Waals surface area contributed by atoms with Gasteiger partial charge >= 0.3 is 5.97 Å². The highest BCUT2D eigenvalue weighted by molar-refractivity contribution is 5.94. The lowest BCUT2D eigenvalue weighted by Gasteiger charge is -2.25. The summed E-state index contributed by atoms with van der Waals surface area (Å²) in [6.07, 6.45) is 10.5. The molecule has 3 N–H and O–H groups in total. The highest BCUT2D eigenvalue weighted by Crippen LogP contribution is 2.28. The number of nitrogens with two attached hydrogens (primary N) is 1. The van der Waals surface area contributed by atoms with Crippen molar-refractivity contribution >= 4 is 12.0 Å². The second-order valence-corrected chi connectivity index (χ2v) is 6.58. The van der Waals surface area contributed by atoms with Crippen LogP contribution in [0.3, 0.4) is 0 Å². The molecule has 0 radical (unpaired) electrons. The number of carboxylic acid groups (broad SMARTS) is 1.